The topological polar surface area (TPSA) is 91.4 Å². The molecule has 1 aliphatic rings. The molecule has 0 fully saturated rings. The highest BCUT2D eigenvalue weighted by Gasteiger charge is 2.23. The van der Waals surface area contributed by atoms with E-state index >= 15 is 0 Å². The zero-order valence-corrected chi connectivity index (χ0v) is 17.0. The Labute approximate surface area is 166 Å². The highest BCUT2D eigenvalue weighted by Crippen LogP contribution is 2.22. The second kappa shape index (κ2) is 8.70. The van der Waals surface area contributed by atoms with E-state index in [1.165, 1.54) is 0 Å². The van der Waals surface area contributed by atoms with Crippen molar-refractivity contribution in [3.05, 3.63) is 59.4 Å². The van der Waals surface area contributed by atoms with E-state index in [0.29, 0.717) is 25.9 Å². The van der Waals surface area contributed by atoms with Gasteiger partial charge in [0, 0.05) is 44.0 Å². The van der Waals surface area contributed by atoms with Crippen molar-refractivity contribution in [1.82, 2.24) is 19.9 Å². The average Bonchev–Trinajstić information content (AvgIpc) is 2.67. The summed E-state index contributed by atoms with van der Waals surface area (Å²) < 4.78 is 27.9. The number of amides is 2. The third kappa shape index (κ3) is 5.08. The van der Waals surface area contributed by atoms with Crippen LogP contribution in [0, 0.1) is 0 Å². The van der Waals surface area contributed by atoms with Crippen LogP contribution in [0.5, 0.6) is 0 Å². The minimum atomic E-state index is -3.62. The van der Waals surface area contributed by atoms with Crippen LogP contribution in [-0.2, 0) is 29.4 Å². The van der Waals surface area contributed by atoms with Crippen molar-refractivity contribution in [1.29, 1.82) is 0 Å². The number of rotatable bonds is 6. The van der Waals surface area contributed by atoms with Crippen molar-refractivity contribution in [3.63, 3.8) is 0 Å². The number of nitrogens with one attached hydrogen (secondary N) is 2. The molecular formula is C20H26N4O3S. The second-order valence-corrected chi connectivity index (χ2v) is 8.94. The molecule has 0 aliphatic carbocycles. The molecule has 2 aromatic rings. The van der Waals surface area contributed by atoms with E-state index < -0.39 is 10.0 Å². The fourth-order valence-corrected chi connectivity index (χ4v) is 4.24. The van der Waals surface area contributed by atoms with E-state index in [2.05, 4.69) is 15.0 Å². The number of aromatic nitrogens is 1. The smallest absolute Gasteiger partial charge is 0.317 e. The molecule has 8 heteroatoms. The molecular weight excluding hydrogens is 376 g/mol. The lowest BCUT2D eigenvalue weighted by Crippen LogP contribution is -2.45. The molecule has 0 saturated heterocycles. The van der Waals surface area contributed by atoms with Gasteiger partial charge in [-0.15, -0.1) is 0 Å². The largest absolute Gasteiger partial charge is 0.336 e. The Morgan fingerprint density at radius 1 is 1.21 bits per heavy atom. The van der Waals surface area contributed by atoms with Crippen molar-refractivity contribution in [2.45, 2.75) is 44.2 Å². The van der Waals surface area contributed by atoms with Gasteiger partial charge in [-0.3, -0.25) is 4.98 Å². The molecule has 1 aliphatic heterocycles. The molecule has 0 spiro atoms. The number of nitrogens with zero attached hydrogens (tertiary/aromatic N) is 2. The summed E-state index contributed by atoms with van der Waals surface area (Å²) in [5.41, 5.74) is 2.79. The number of benzene rings is 1. The van der Waals surface area contributed by atoms with E-state index in [1.807, 2.05) is 38.1 Å². The van der Waals surface area contributed by atoms with Crippen LogP contribution < -0.4 is 10.0 Å². The van der Waals surface area contributed by atoms with Gasteiger partial charge >= 0.3 is 6.03 Å². The maximum absolute atomic E-state index is 12.6. The van der Waals surface area contributed by atoms with Crippen LogP contribution in [0.15, 0.2) is 47.5 Å². The predicted molar refractivity (Wildman–Crippen MR) is 107 cm³/mol. The maximum Gasteiger partial charge on any atom is 0.317 e. The number of pyridine rings is 1. The Morgan fingerprint density at radius 2 is 2.04 bits per heavy atom. The SMILES string of the molecule is CC(C)NC(=O)N1CCc2ccc(S(=O)(=O)NCCc3ccccn3)cc2C1. The van der Waals surface area contributed by atoms with Crippen LogP contribution in [0.3, 0.4) is 0 Å². The quantitative estimate of drug-likeness (QED) is 0.774. The maximum atomic E-state index is 12.6. The molecule has 150 valence electrons. The monoisotopic (exact) mass is 402 g/mol. The van der Waals surface area contributed by atoms with Gasteiger partial charge in [0.2, 0.25) is 10.0 Å². The number of hydrogen-bond donors (Lipinski definition) is 2. The van der Waals surface area contributed by atoms with Gasteiger partial charge in [0.25, 0.3) is 0 Å². The summed E-state index contributed by atoms with van der Waals surface area (Å²) in [4.78, 5) is 18.4. The van der Waals surface area contributed by atoms with Crippen LogP contribution in [0.2, 0.25) is 0 Å². The van der Waals surface area contributed by atoms with Crippen molar-refractivity contribution in [2.75, 3.05) is 13.1 Å². The van der Waals surface area contributed by atoms with Crippen LogP contribution in [0.4, 0.5) is 4.79 Å². The molecule has 2 N–H and O–H groups in total. The Bertz CT molecular complexity index is 930. The molecule has 0 atom stereocenters. The summed E-state index contributed by atoms with van der Waals surface area (Å²) in [7, 11) is -3.62. The Morgan fingerprint density at radius 3 is 2.75 bits per heavy atom. The molecule has 2 heterocycles. The number of carbonyl (C=O) groups excluding carboxylic acids is 1. The second-order valence-electron chi connectivity index (χ2n) is 7.18. The summed E-state index contributed by atoms with van der Waals surface area (Å²) in [5, 5.41) is 2.88. The van der Waals surface area contributed by atoms with Crippen LogP contribution in [0.25, 0.3) is 0 Å². The fraction of sp³-hybridized carbons (Fsp3) is 0.400. The van der Waals surface area contributed by atoms with Crippen molar-refractivity contribution in [3.8, 4) is 0 Å². The van der Waals surface area contributed by atoms with Gasteiger partial charge in [-0.25, -0.2) is 17.9 Å². The molecule has 2 amide bonds. The highest BCUT2D eigenvalue weighted by molar-refractivity contribution is 7.89. The first-order valence-corrected chi connectivity index (χ1v) is 10.9. The molecule has 1 aromatic heterocycles. The van der Waals surface area contributed by atoms with Crippen molar-refractivity contribution >= 4 is 16.1 Å². The normalized spacial score (nSPS) is 14.0. The molecule has 0 bridgehead atoms. The van der Waals surface area contributed by atoms with Gasteiger partial charge in [0.05, 0.1) is 4.90 Å². The molecule has 3 rings (SSSR count). The van der Waals surface area contributed by atoms with E-state index in [-0.39, 0.29) is 23.5 Å². The van der Waals surface area contributed by atoms with Crippen LogP contribution in [0.1, 0.15) is 30.7 Å². The van der Waals surface area contributed by atoms with Gasteiger partial charge in [0.1, 0.15) is 0 Å². The lowest BCUT2D eigenvalue weighted by atomic mass is 10.0. The molecule has 0 unspecified atom stereocenters. The summed E-state index contributed by atoms with van der Waals surface area (Å²) >= 11 is 0. The molecule has 7 nitrogen and oxygen atoms in total. The van der Waals surface area contributed by atoms with Crippen LogP contribution >= 0.6 is 0 Å². The van der Waals surface area contributed by atoms with Gasteiger partial charge < -0.3 is 10.2 Å². The fourth-order valence-electron chi connectivity index (χ4n) is 3.16. The zero-order valence-electron chi connectivity index (χ0n) is 16.2. The number of urea groups is 1. The van der Waals surface area contributed by atoms with E-state index in [4.69, 9.17) is 0 Å². The zero-order chi connectivity index (χ0) is 20.1. The predicted octanol–water partition coefficient (Wildman–Crippen LogP) is 2.08. The lowest BCUT2D eigenvalue weighted by molar-refractivity contribution is 0.190. The first-order valence-electron chi connectivity index (χ1n) is 9.42. The number of hydrogen-bond acceptors (Lipinski definition) is 4. The number of sulfonamides is 1. The van der Waals surface area contributed by atoms with Crippen molar-refractivity contribution < 1.29 is 13.2 Å². The molecule has 28 heavy (non-hydrogen) atoms. The van der Waals surface area contributed by atoms with Gasteiger partial charge in [-0.05, 0) is 55.7 Å². The molecule has 1 aromatic carbocycles. The van der Waals surface area contributed by atoms with E-state index in [1.54, 1.807) is 23.2 Å². The van der Waals surface area contributed by atoms with E-state index in [0.717, 1.165) is 16.8 Å². The first kappa shape index (κ1) is 20.3. The Hall–Kier alpha value is -2.45. The summed E-state index contributed by atoms with van der Waals surface area (Å²) in [6.07, 6.45) is 2.93. The summed E-state index contributed by atoms with van der Waals surface area (Å²) in [5.74, 6) is 0. The highest BCUT2D eigenvalue weighted by atomic mass is 32.2. The standard InChI is InChI=1S/C20H26N4O3S/c1-15(2)23-20(25)24-12-9-16-6-7-19(13-17(16)14-24)28(26,27)22-11-8-18-5-3-4-10-21-18/h3-7,10,13,15,22H,8-9,11-12,14H2,1-2H3,(H,23,25). The lowest BCUT2D eigenvalue weighted by Gasteiger charge is -2.30. The van der Waals surface area contributed by atoms with Gasteiger partial charge in [-0.1, -0.05) is 12.1 Å². The van der Waals surface area contributed by atoms with Gasteiger partial charge in [-0.2, -0.15) is 0 Å². The van der Waals surface area contributed by atoms with E-state index in [9.17, 15) is 13.2 Å². The molecule has 0 radical (unpaired) electrons. The summed E-state index contributed by atoms with van der Waals surface area (Å²) in [6.45, 7) is 5.14. The number of carbonyl (C=O) groups is 1. The minimum absolute atomic E-state index is 0.0592. The average molecular weight is 403 g/mol. The Kier molecular flexibility index (Phi) is 6.31. The molecule has 0 saturated carbocycles. The van der Waals surface area contributed by atoms with Crippen molar-refractivity contribution in [2.24, 2.45) is 0 Å². The van der Waals surface area contributed by atoms with Crippen LogP contribution in [-0.4, -0.2) is 43.5 Å². The van der Waals surface area contributed by atoms with Gasteiger partial charge in [0.15, 0.2) is 0 Å². The third-order valence-corrected chi connectivity index (χ3v) is 6.06. The Balaban J connectivity index is 1.67. The first-order chi connectivity index (χ1) is 13.3. The summed E-state index contributed by atoms with van der Waals surface area (Å²) in [6, 6.07) is 10.7. The third-order valence-electron chi connectivity index (χ3n) is 4.60. The minimum Gasteiger partial charge on any atom is -0.336 e. The number of fused-ring (bicyclic) bond motifs is 1.